The van der Waals surface area contributed by atoms with Gasteiger partial charge in [-0.15, -0.1) is 11.3 Å². The van der Waals surface area contributed by atoms with Gasteiger partial charge in [-0.3, -0.25) is 9.59 Å². The van der Waals surface area contributed by atoms with E-state index in [1.165, 1.54) is 5.01 Å². The third-order valence-electron chi connectivity index (χ3n) is 5.02. The van der Waals surface area contributed by atoms with Crippen LogP contribution >= 0.6 is 11.3 Å². The van der Waals surface area contributed by atoms with E-state index in [0.29, 0.717) is 13.0 Å². The second-order valence-electron chi connectivity index (χ2n) is 6.53. The number of carbonyl (C=O) groups is 2. The molecule has 7 heteroatoms. The zero-order valence-electron chi connectivity index (χ0n) is 13.9. The number of hydrazone groups is 1. The summed E-state index contributed by atoms with van der Waals surface area (Å²) in [5.74, 6) is -0.185. The van der Waals surface area contributed by atoms with E-state index < -0.39 is 6.04 Å². The maximum absolute atomic E-state index is 12.9. The number of carbonyl (C=O) groups excluding carboxylic acids is 2. The second kappa shape index (κ2) is 5.81. The summed E-state index contributed by atoms with van der Waals surface area (Å²) in [4.78, 5) is 31.6. The van der Waals surface area contributed by atoms with Crippen LogP contribution in [0.25, 0.3) is 10.9 Å². The van der Waals surface area contributed by atoms with Crippen LogP contribution in [0.15, 0.2) is 46.9 Å². The molecule has 0 spiro atoms. The summed E-state index contributed by atoms with van der Waals surface area (Å²) < 4.78 is 0. The summed E-state index contributed by atoms with van der Waals surface area (Å²) in [7, 11) is 0. The Balaban J connectivity index is 1.48. The highest BCUT2D eigenvalue weighted by Crippen LogP contribution is 2.32. The molecular weight excluding hydrogens is 348 g/mol. The number of thiophene rings is 1. The third kappa shape index (κ3) is 2.35. The molecule has 0 saturated carbocycles. The number of benzene rings is 1. The number of para-hydroxylation sites is 1. The number of hydrogen-bond acceptors (Lipinski definition) is 4. The molecule has 1 atom stereocenters. The highest BCUT2D eigenvalue weighted by molar-refractivity contribution is 7.11. The van der Waals surface area contributed by atoms with Crippen molar-refractivity contribution in [1.29, 1.82) is 0 Å². The largest absolute Gasteiger partial charge is 0.357 e. The van der Waals surface area contributed by atoms with E-state index in [2.05, 4.69) is 16.2 Å². The zero-order chi connectivity index (χ0) is 17.7. The van der Waals surface area contributed by atoms with E-state index in [0.717, 1.165) is 27.0 Å². The fourth-order valence-corrected chi connectivity index (χ4v) is 4.33. The molecule has 0 aliphatic carbocycles. The van der Waals surface area contributed by atoms with Crippen molar-refractivity contribution in [3.63, 3.8) is 0 Å². The van der Waals surface area contributed by atoms with Gasteiger partial charge in [0.15, 0.2) is 0 Å². The summed E-state index contributed by atoms with van der Waals surface area (Å²) in [6.45, 7) is 0.439. The lowest BCUT2D eigenvalue weighted by Gasteiger charge is -2.40. The normalized spacial score (nSPS) is 20.1. The van der Waals surface area contributed by atoms with E-state index in [4.69, 9.17) is 0 Å². The molecule has 2 aliphatic rings. The molecule has 0 radical (unpaired) electrons. The van der Waals surface area contributed by atoms with Gasteiger partial charge in [0.25, 0.3) is 5.91 Å². The smallest absolute Gasteiger partial charge is 0.266 e. The fourth-order valence-electron chi connectivity index (χ4n) is 3.75. The molecule has 5 rings (SSSR count). The monoisotopic (exact) mass is 364 g/mol. The quantitative estimate of drug-likeness (QED) is 0.709. The van der Waals surface area contributed by atoms with Gasteiger partial charge in [0.2, 0.25) is 5.91 Å². The van der Waals surface area contributed by atoms with Crippen molar-refractivity contribution < 1.29 is 9.59 Å². The molecule has 1 N–H and O–H groups in total. The summed E-state index contributed by atoms with van der Waals surface area (Å²) in [6.07, 6.45) is 2.17. The van der Waals surface area contributed by atoms with Gasteiger partial charge in [0, 0.05) is 27.9 Å². The minimum absolute atomic E-state index is 0.00717. The standard InChI is InChI=1S/C19H16N4O2S/c24-18-11-23(20-9-12-4-3-7-26-12)19(25)17-8-14-13-5-1-2-6-15(13)21-16(14)10-22(17)18/h1-7,9,17,21H,8,10-11H2. The van der Waals surface area contributed by atoms with E-state index in [9.17, 15) is 9.59 Å². The maximum Gasteiger partial charge on any atom is 0.266 e. The Morgan fingerprint density at radius 1 is 1.15 bits per heavy atom. The van der Waals surface area contributed by atoms with Crippen LogP contribution in [-0.2, 0) is 22.6 Å². The Morgan fingerprint density at radius 3 is 2.88 bits per heavy atom. The number of fused-ring (bicyclic) bond motifs is 4. The third-order valence-corrected chi connectivity index (χ3v) is 5.82. The van der Waals surface area contributed by atoms with Crippen molar-refractivity contribution in [2.45, 2.75) is 19.0 Å². The Morgan fingerprint density at radius 2 is 2.04 bits per heavy atom. The van der Waals surface area contributed by atoms with Crippen LogP contribution in [0.3, 0.4) is 0 Å². The Hall–Kier alpha value is -2.93. The Bertz CT molecular complexity index is 1040. The molecule has 1 unspecified atom stereocenters. The summed E-state index contributed by atoms with van der Waals surface area (Å²) in [5.41, 5.74) is 3.20. The van der Waals surface area contributed by atoms with Gasteiger partial charge in [0.05, 0.1) is 12.8 Å². The highest BCUT2D eigenvalue weighted by atomic mass is 32.1. The van der Waals surface area contributed by atoms with Gasteiger partial charge in [-0.25, -0.2) is 5.01 Å². The number of amides is 2. The number of hydrogen-bond donors (Lipinski definition) is 1. The van der Waals surface area contributed by atoms with Crippen molar-refractivity contribution in [3.05, 3.63) is 57.9 Å². The molecule has 2 amide bonds. The van der Waals surface area contributed by atoms with E-state index in [-0.39, 0.29) is 18.4 Å². The van der Waals surface area contributed by atoms with Gasteiger partial charge in [-0.2, -0.15) is 5.10 Å². The SMILES string of the molecule is O=C1C2Cc3c([nH]c4ccccc34)CN2C(=O)CN1N=Cc1cccs1. The van der Waals surface area contributed by atoms with Crippen molar-refractivity contribution in [1.82, 2.24) is 14.9 Å². The number of aromatic nitrogens is 1. The Kier molecular flexibility index (Phi) is 3.43. The minimum atomic E-state index is -0.483. The topological polar surface area (TPSA) is 68.8 Å². The molecule has 26 heavy (non-hydrogen) atoms. The molecule has 1 aromatic carbocycles. The fraction of sp³-hybridized carbons (Fsp3) is 0.211. The lowest BCUT2D eigenvalue weighted by molar-refractivity contribution is -0.157. The van der Waals surface area contributed by atoms with Crippen LogP contribution in [0, 0.1) is 0 Å². The van der Waals surface area contributed by atoms with Crippen molar-refractivity contribution >= 4 is 40.3 Å². The number of piperazine rings is 1. The first-order valence-corrected chi connectivity index (χ1v) is 9.35. The summed E-state index contributed by atoms with van der Waals surface area (Å²) in [5, 5.41) is 8.65. The van der Waals surface area contributed by atoms with Crippen LogP contribution in [-0.4, -0.2) is 45.5 Å². The molecule has 2 aliphatic heterocycles. The van der Waals surface area contributed by atoms with Crippen LogP contribution in [0.1, 0.15) is 16.1 Å². The van der Waals surface area contributed by atoms with Gasteiger partial charge >= 0.3 is 0 Å². The molecule has 1 fully saturated rings. The lowest BCUT2D eigenvalue weighted by Crippen LogP contribution is -2.60. The second-order valence-corrected chi connectivity index (χ2v) is 7.50. The minimum Gasteiger partial charge on any atom is -0.357 e. The lowest BCUT2D eigenvalue weighted by atomic mass is 9.94. The zero-order valence-corrected chi connectivity index (χ0v) is 14.7. The van der Waals surface area contributed by atoms with E-state index in [1.54, 1.807) is 22.5 Å². The summed E-state index contributed by atoms with van der Waals surface area (Å²) in [6, 6.07) is 11.4. The molecule has 4 heterocycles. The first-order chi connectivity index (χ1) is 12.7. The average molecular weight is 364 g/mol. The first-order valence-electron chi connectivity index (χ1n) is 8.47. The number of nitrogens with zero attached hydrogens (tertiary/aromatic N) is 3. The van der Waals surface area contributed by atoms with Crippen LogP contribution < -0.4 is 0 Å². The Labute approximate surface area is 153 Å². The predicted molar refractivity (Wildman–Crippen MR) is 100.0 cm³/mol. The van der Waals surface area contributed by atoms with Gasteiger partial charge in [-0.05, 0) is 23.1 Å². The van der Waals surface area contributed by atoms with Crippen molar-refractivity contribution in [2.24, 2.45) is 5.10 Å². The molecular formula is C19H16N4O2S. The molecule has 1 saturated heterocycles. The summed E-state index contributed by atoms with van der Waals surface area (Å²) >= 11 is 1.54. The maximum atomic E-state index is 12.9. The number of nitrogens with one attached hydrogen (secondary N) is 1. The van der Waals surface area contributed by atoms with Crippen molar-refractivity contribution in [2.75, 3.05) is 6.54 Å². The number of aromatic amines is 1. The van der Waals surface area contributed by atoms with Crippen LogP contribution in [0.4, 0.5) is 0 Å². The molecule has 130 valence electrons. The van der Waals surface area contributed by atoms with Crippen LogP contribution in [0.2, 0.25) is 0 Å². The van der Waals surface area contributed by atoms with E-state index >= 15 is 0 Å². The molecule has 2 aromatic heterocycles. The number of H-pyrrole nitrogens is 1. The first kappa shape index (κ1) is 15.3. The van der Waals surface area contributed by atoms with Gasteiger partial charge in [0.1, 0.15) is 12.6 Å². The van der Waals surface area contributed by atoms with Gasteiger partial charge in [-0.1, -0.05) is 24.3 Å². The van der Waals surface area contributed by atoms with Crippen molar-refractivity contribution in [3.8, 4) is 0 Å². The number of rotatable bonds is 2. The molecule has 0 bridgehead atoms. The predicted octanol–water partition coefficient (Wildman–Crippen LogP) is 2.36. The van der Waals surface area contributed by atoms with E-state index in [1.807, 2.05) is 35.7 Å². The molecule has 3 aromatic rings. The van der Waals surface area contributed by atoms with Crippen LogP contribution in [0.5, 0.6) is 0 Å². The van der Waals surface area contributed by atoms with Gasteiger partial charge < -0.3 is 9.88 Å². The average Bonchev–Trinajstić information content (AvgIpc) is 3.29. The molecule has 6 nitrogen and oxygen atoms in total. The highest BCUT2D eigenvalue weighted by Gasteiger charge is 2.43.